The first-order valence-corrected chi connectivity index (χ1v) is 12.9. The quantitative estimate of drug-likeness (QED) is 0.102. The molecule has 8 bridgehead atoms. The van der Waals surface area contributed by atoms with Crippen molar-refractivity contribution in [2.24, 2.45) is 0 Å². The Morgan fingerprint density at radius 3 is 1.71 bits per heavy atom. The number of H-pyrrole nitrogens is 3. The summed E-state index contributed by atoms with van der Waals surface area (Å²) in [4.78, 5) is 22.9. The van der Waals surface area contributed by atoms with Gasteiger partial charge in [0.1, 0.15) is 5.75 Å². The Balaban J connectivity index is 0.000000380. The van der Waals surface area contributed by atoms with Gasteiger partial charge in [0.05, 0.1) is 0 Å². The Morgan fingerprint density at radius 2 is 1.15 bits per heavy atom. The van der Waals surface area contributed by atoms with Gasteiger partial charge in [-0.05, 0) is 60.7 Å². The maximum Gasteiger partial charge on any atom is 0.312 e. The number of benzene rings is 2. The standard InChI is InChI=1S/C26H20N4O4.C6H6O/c31-24-23-14-21-9-8-19(28-21)12-17-6-7-18(27-17)13-20-10-11-22(29-20)15-25(30(23)34,26(24,32)33)16-4-2-1-3-5-16;7-6-4-2-1-3-5-6/h1-15,27-29,32-33H;1-5,7H. The number of carbonyl (C=O) groups excluding carboxylic acids is 1. The van der Waals surface area contributed by atoms with Crippen molar-refractivity contribution in [3.8, 4) is 5.75 Å². The Bertz CT molecular complexity index is 2020. The molecule has 0 saturated heterocycles. The largest absolute Gasteiger partial charge is 0.622 e. The van der Waals surface area contributed by atoms with Crippen molar-refractivity contribution >= 4 is 35.8 Å². The molecule has 1 atom stereocenters. The number of rotatable bonds is 1. The number of phenols is 1. The van der Waals surface area contributed by atoms with E-state index in [4.69, 9.17) is 5.11 Å². The first-order chi connectivity index (χ1) is 19.8. The highest BCUT2D eigenvalue weighted by atomic mass is 16.5. The zero-order valence-corrected chi connectivity index (χ0v) is 21.7. The Kier molecular flexibility index (Phi) is 6.30. The second kappa shape index (κ2) is 9.98. The monoisotopic (exact) mass is 546 g/mol. The van der Waals surface area contributed by atoms with Crippen molar-refractivity contribution in [1.29, 1.82) is 0 Å². The van der Waals surface area contributed by atoms with Gasteiger partial charge in [-0.3, -0.25) is 4.79 Å². The fraction of sp³-hybridized carbons (Fsp3) is 0.0625. The zero-order valence-electron chi connectivity index (χ0n) is 21.7. The molecule has 2 aromatic carbocycles. The van der Waals surface area contributed by atoms with Crippen molar-refractivity contribution in [2.45, 2.75) is 11.3 Å². The molecule has 6 N–H and O–H groups in total. The van der Waals surface area contributed by atoms with Crippen LogP contribution in [0.4, 0.5) is 0 Å². The molecule has 0 radical (unpaired) electrons. The number of Topliss-reactive ketones (excluding diaryl/α,β-unsaturated/α-hetero) is 1. The average molecular weight is 547 g/mol. The van der Waals surface area contributed by atoms with Gasteiger partial charge in [-0.25, -0.2) is 0 Å². The maximum absolute atomic E-state index is 13.8. The number of aromatic amines is 3. The fourth-order valence-electron chi connectivity index (χ4n) is 5.08. The summed E-state index contributed by atoms with van der Waals surface area (Å²) in [5, 5.41) is 47.2. The number of aromatic nitrogens is 3. The number of carbonyl (C=O) groups is 1. The van der Waals surface area contributed by atoms with Crippen molar-refractivity contribution in [2.75, 3.05) is 0 Å². The first kappa shape index (κ1) is 25.9. The summed E-state index contributed by atoms with van der Waals surface area (Å²) < 4.78 is 0.390. The summed E-state index contributed by atoms with van der Waals surface area (Å²) in [6, 6.07) is 27.9. The van der Waals surface area contributed by atoms with Gasteiger partial charge in [0, 0.05) is 50.5 Å². The van der Waals surface area contributed by atoms with Crippen LogP contribution in [0.1, 0.15) is 17.0 Å². The number of nitrogens with zero attached hydrogens (tertiary/aromatic N) is 1. The molecule has 0 amide bonds. The van der Waals surface area contributed by atoms with E-state index >= 15 is 0 Å². The normalized spacial score (nSPS) is 18.7. The van der Waals surface area contributed by atoms with Crippen LogP contribution < -0.4 is 21.4 Å². The fourth-order valence-corrected chi connectivity index (χ4v) is 5.08. The molecule has 9 heteroatoms. The van der Waals surface area contributed by atoms with E-state index < -0.39 is 17.1 Å². The van der Waals surface area contributed by atoms with Crippen LogP contribution in [0.2, 0.25) is 0 Å². The lowest BCUT2D eigenvalue weighted by Gasteiger charge is -2.32. The molecule has 41 heavy (non-hydrogen) atoms. The predicted molar refractivity (Wildman–Crippen MR) is 154 cm³/mol. The molecule has 5 heterocycles. The van der Waals surface area contributed by atoms with E-state index in [0.717, 1.165) is 22.1 Å². The number of nitrogens with one attached hydrogen (secondary N) is 3. The van der Waals surface area contributed by atoms with Gasteiger partial charge in [0.2, 0.25) is 0 Å². The lowest BCUT2D eigenvalue weighted by atomic mass is 9.81. The zero-order chi connectivity index (χ0) is 28.6. The summed E-state index contributed by atoms with van der Waals surface area (Å²) in [5.74, 6) is -3.78. The number of ketones is 1. The van der Waals surface area contributed by atoms with Gasteiger partial charge in [-0.15, -0.1) is 0 Å². The molecule has 0 aliphatic carbocycles. The third kappa shape index (κ3) is 4.59. The second-order valence-electron chi connectivity index (χ2n) is 9.83. The lowest BCUT2D eigenvalue weighted by Crippen LogP contribution is -2.56. The molecule has 7 rings (SSSR count). The SMILES string of the molecule is O=C1C2=[N+]([O-])C(c3ccccc3)(C=c3ccc([nH]3)=Cc3ccc([nH]3)C=c3ccc([nH]3)=C2)C1(O)O.Oc1ccccc1. The van der Waals surface area contributed by atoms with Crippen molar-refractivity contribution in [1.82, 2.24) is 15.0 Å². The van der Waals surface area contributed by atoms with Crippen molar-refractivity contribution in [3.05, 3.63) is 141 Å². The van der Waals surface area contributed by atoms with E-state index in [1.807, 2.05) is 42.5 Å². The van der Waals surface area contributed by atoms with Gasteiger partial charge in [-0.2, -0.15) is 4.74 Å². The van der Waals surface area contributed by atoms with Gasteiger partial charge in [-0.1, -0.05) is 48.5 Å². The smallest absolute Gasteiger partial charge is 0.312 e. The molecule has 0 spiro atoms. The Hall–Kier alpha value is -5.38. The highest BCUT2D eigenvalue weighted by Crippen LogP contribution is 2.42. The Morgan fingerprint density at radius 1 is 0.634 bits per heavy atom. The summed E-state index contributed by atoms with van der Waals surface area (Å²) in [5.41, 5.74) is -0.488. The molecule has 5 aromatic rings. The van der Waals surface area contributed by atoms with Crippen LogP contribution in [0.15, 0.2) is 97.1 Å². The number of aliphatic hydroxyl groups is 2. The number of hydrogen-bond donors (Lipinski definition) is 6. The van der Waals surface area contributed by atoms with E-state index in [1.165, 1.54) is 12.2 Å². The summed E-state index contributed by atoms with van der Waals surface area (Å²) in [6.45, 7) is 0. The highest BCUT2D eigenvalue weighted by Gasteiger charge is 2.69. The van der Waals surface area contributed by atoms with Crippen LogP contribution in [0.3, 0.4) is 0 Å². The molecule has 1 unspecified atom stereocenters. The average Bonchev–Trinajstić information content (AvgIpc) is 3.74. The van der Waals surface area contributed by atoms with Gasteiger partial charge >= 0.3 is 5.79 Å². The lowest BCUT2D eigenvalue weighted by molar-refractivity contribution is -0.563. The van der Waals surface area contributed by atoms with E-state index in [1.54, 1.807) is 66.7 Å². The van der Waals surface area contributed by atoms with Crippen molar-refractivity contribution in [3.63, 3.8) is 0 Å². The van der Waals surface area contributed by atoms with E-state index in [-0.39, 0.29) is 11.3 Å². The minimum absolute atomic E-state index is 0.266. The maximum atomic E-state index is 13.8. The molecule has 3 aromatic heterocycles. The van der Waals surface area contributed by atoms with Gasteiger partial charge in [0.15, 0.2) is 0 Å². The molecular formula is C32H26N4O5. The Labute approximate surface area is 233 Å². The van der Waals surface area contributed by atoms with Crippen molar-refractivity contribution < 1.29 is 24.9 Å². The minimum Gasteiger partial charge on any atom is -0.622 e. The van der Waals surface area contributed by atoms with Crippen LogP contribution in [-0.2, 0) is 10.3 Å². The number of hydrogen-bond acceptors (Lipinski definition) is 5. The van der Waals surface area contributed by atoms with Crippen LogP contribution in [-0.4, -0.2) is 52.3 Å². The van der Waals surface area contributed by atoms with Crippen LogP contribution in [0.5, 0.6) is 5.75 Å². The summed E-state index contributed by atoms with van der Waals surface area (Å²) >= 11 is 0. The minimum atomic E-state index is -3.01. The van der Waals surface area contributed by atoms with E-state index in [0.29, 0.717) is 21.2 Å². The third-order valence-corrected chi connectivity index (χ3v) is 7.06. The number of phenolic OH excluding ortho intramolecular Hbond substituents is 1. The van der Waals surface area contributed by atoms with E-state index in [2.05, 4.69) is 15.0 Å². The molecule has 9 nitrogen and oxygen atoms in total. The number of hydroxylamine groups is 1. The topological polar surface area (TPSA) is 151 Å². The van der Waals surface area contributed by atoms with Crippen LogP contribution in [0, 0.1) is 5.21 Å². The summed E-state index contributed by atoms with van der Waals surface area (Å²) in [7, 11) is 0. The van der Waals surface area contributed by atoms with Crippen LogP contribution >= 0.6 is 0 Å². The van der Waals surface area contributed by atoms with Gasteiger partial charge in [0.25, 0.3) is 17.0 Å². The third-order valence-electron chi connectivity index (χ3n) is 7.06. The molecule has 0 saturated carbocycles. The first-order valence-electron chi connectivity index (χ1n) is 12.9. The molecule has 2 aliphatic rings. The van der Waals surface area contributed by atoms with Crippen LogP contribution in [0.25, 0.3) is 24.3 Å². The molecule has 0 fully saturated rings. The predicted octanol–water partition coefficient (Wildman–Crippen LogP) is 0.406. The summed E-state index contributed by atoms with van der Waals surface area (Å²) in [6.07, 6.45) is 6.51. The van der Waals surface area contributed by atoms with Gasteiger partial charge < -0.3 is 35.5 Å². The van der Waals surface area contributed by atoms with E-state index in [9.17, 15) is 20.2 Å². The molecule has 2 aliphatic heterocycles. The second-order valence-corrected chi connectivity index (χ2v) is 9.83. The highest BCUT2D eigenvalue weighted by molar-refractivity contribution is 6.52. The molecule has 204 valence electrons. The number of aromatic hydroxyl groups is 1. The molecular weight excluding hydrogens is 520 g/mol. The number of fused-ring (bicyclic) bond motifs is 7. The number of para-hydroxylation sites is 1.